The predicted octanol–water partition coefficient (Wildman–Crippen LogP) is 5.97. The summed E-state index contributed by atoms with van der Waals surface area (Å²) in [5, 5.41) is 8.62. The van der Waals surface area contributed by atoms with Gasteiger partial charge in [0.2, 0.25) is 0 Å². The Hall–Kier alpha value is -1.38. The highest BCUT2D eigenvalue weighted by molar-refractivity contribution is 5.76. The number of rotatable bonds is 11. The largest absolute Gasteiger partial charge is 0.245 e. The molecule has 0 atom stereocenters. The van der Waals surface area contributed by atoms with Crippen LogP contribution in [0.3, 0.4) is 0 Å². The van der Waals surface area contributed by atoms with Crippen molar-refractivity contribution in [3.05, 3.63) is 23.3 Å². The van der Waals surface area contributed by atoms with E-state index >= 15 is 0 Å². The molecule has 1 aromatic heterocycles. The van der Waals surface area contributed by atoms with Crippen molar-refractivity contribution in [2.24, 2.45) is 0 Å². The van der Waals surface area contributed by atoms with E-state index in [0.29, 0.717) is 0 Å². The molecule has 2 aromatic rings. The standard InChI is InChI=1S/C20H33N3/c1-4-5-6-7-8-9-10-11-12-13-14-23-20-16-18(3)17(2)15-19(20)21-22-23/h15-16H,4-14H2,1-3H3. The second-order valence-corrected chi connectivity index (χ2v) is 6.92. The first-order valence-electron chi connectivity index (χ1n) is 9.53. The van der Waals surface area contributed by atoms with Gasteiger partial charge in [-0.1, -0.05) is 69.9 Å². The summed E-state index contributed by atoms with van der Waals surface area (Å²) in [6.07, 6.45) is 13.7. The summed E-state index contributed by atoms with van der Waals surface area (Å²) in [6, 6.07) is 4.37. The molecule has 0 aliphatic rings. The van der Waals surface area contributed by atoms with E-state index in [1.54, 1.807) is 0 Å². The lowest BCUT2D eigenvalue weighted by molar-refractivity contribution is 0.515. The number of hydrogen-bond donors (Lipinski definition) is 0. The van der Waals surface area contributed by atoms with Crippen LogP contribution in [0.2, 0.25) is 0 Å². The van der Waals surface area contributed by atoms with Crippen LogP contribution in [0.15, 0.2) is 12.1 Å². The minimum absolute atomic E-state index is 0.996. The first kappa shape index (κ1) is 18.0. The summed E-state index contributed by atoms with van der Waals surface area (Å²) in [5.74, 6) is 0. The Balaban J connectivity index is 1.62. The van der Waals surface area contributed by atoms with Gasteiger partial charge in [0.25, 0.3) is 0 Å². The van der Waals surface area contributed by atoms with Crippen LogP contribution in [0.25, 0.3) is 11.0 Å². The smallest absolute Gasteiger partial charge is 0.113 e. The summed E-state index contributed by atoms with van der Waals surface area (Å²) in [4.78, 5) is 0. The molecule has 1 heterocycles. The summed E-state index contributed by atoms with van der Waals surface area (Å²) in [7, 11) is 0. The highest BCUT2D eigenvalue weighted by Crippen LogP contribution is 2.18. The third-order valence-corrected chi connectivity index (χ3v) is 4.85. The van der Waals surface area contributed by atoms with Crippen molar-refractivity contribution in [2.45, 2.75) is 91.5 Å². The zero-order valence-corrected chi connectivity index (χ0v) is 15.3. The second-order valence-electron chi connectivity index (χ2n) is 6.92. The van der Waals surface area contributed by atoms with E-state index in [4.69, 9.17) is 0 Å². The van der Waals surface area contributed by atoms with Crippen molar-refractivity contribution >= 4 is 11.0 Å². The molecule has 0 saturated carbocycles. The van der Waals surface area contributed by atoms with E-state index in [1.165, 1.54) is 80.9 Å². The lowest BCUT2D eigenvalue weighted by Crippen LogP contribution is -2.00. The molecular formula is C20H33N3. The molecule has 0 bridgehead atoms. The SMILES string of the molecule is CCCCCCCCCCCCn1nnc2cc(C)c(C)cc21. The fourth-order valence-electron chi connectivity index (χ4n) is 3.14. The van der Waals surface area contributed by atoms with Gasteiger partial charge in [-0.15, -0.1) is 5.10 Å². The van der Waals surface area contributed by atoms with Crippen LogP contribution in [0.4, 0.5) is 0 Å². The van der Waals surface area contributed by atoms with Crippen molar-refractivity contribution < 1.29 is 0 Å². The number of benzene rings is 1. The average Bonchev–Trinajstić information content (AvgIpc) is 2.92. The maximum absolute atomic E-state index is 4.32. The van der Waals surface area contributed by atoms with Gasteiger partial charge < -0.3 is 0 Å². The predicted molar refractivity (Wildman–Crippen MR) is 98.8 cm³/mol. The van der Waals surface area contributed by atoms with Crippen molar-refractivity contribution in [3.8, 4) is 0 Å². The molecule has 0 amide bonds. The van der Waals surface area contributed by atoms with Crippen LogP contribution < -0.4 is 0 Å². The minimum atomic E-state index is 0.996. The van der Waals surface area contributed by atoms with Crippen LogP contribution >= 0.6 is 0 Å². The van der Waals surface area contributed by atoms with E-state index in [2.05, 4.69) is 47.9 Å². The van der Waals surface area contributed by atoms with Crippen LogP contribution in [0, 0.1) is 13.8 Å². The Morgan fingerprint density at radius 2 is 1.35 bits per heavy atom. The summed E-state index contributed by atoms with van der Waals surface area (Å²) < 4.78 is 2.08. The van der Waals surface area contributed by atoms with Gasteiger partial charge >= 0.3 is 0 Å². The second kappa shape index (κ2) is 9.69. The first-order valence-corrected chi connectivity index (χ1v) is 9.53. The van der Waals surface area contributed by atoms with Crippen LogP contribution in [0.5, 0.6) is 0 Å². The van der Waals surface area contributed by atoms with Crippen LogP contribution in [-0.4, -0.2) is 15.0 Å². The highest BCUT2D eigenvalue weighted by Gasteiger charge is 2.06. The number of aryl methyl sites for hydroxylation is 3. The summed E-state index contributed by atoms with van der Waals surface area (Å²) in [5.41, 5.74) is 4.83. The van der Waals surface area contributed by atoms with Gasteiger partial charge in [-0.25, -0.2) is 4.68 Å². The molecule has 0 fully saturated rings. The number of nitrogens with zero attached hydrogens (tertiary/aromatic N) is 3. The maximum atomic E-state index is 4.32. The van der Waals surface area contributed by atoms with Gasteiger partial charge in [0, 0.05) is 6.54 Å². The summed E-state index contributed by atoms with van der Waals surface area (Å²) >= 11 is 0. The normalized spacial score (nSPS) is 11.4. The Labute approximate surface area is 141 Å². The Kier molecular flexibility index (Phi) is 7.57. The molecule has 0 unspecified atom stereocenters. The van der Waals surface area contributed by atoms with Crippen molar-refractivity contribution in [1.29, 1.82) is 0 Å². The van der Waals surface area contributed by atoms with E-state index in [9.17, 15) is 0 Å². The molecule has 1 aromatic carbocycles. The molecule has 3 nitrogen and oxygen atoms in total. The maximum Gasteiger partial charge on any atom is 0.113 e. The highest BCUT2D eigenvalue weighted by atomic mass is 15.4. The molecule has 128 valence electrons. The molecule has 2 rings (SSSR count). The monoisotopic (exact) mass is 315 g/mol. The number of aromatic nitrogens is 3. The van der Waals surface area contributed by atoms with Crippen molar-refractivity contribution in [1.82, 2.24) is 15.0 Å². The molecule has 0 saturated heterocycles. The van der Waals surface area contributed by atoms with Crippen LogP contribution in [-0.2, 0) is 6.54 Å². The molecule has 0 N–H and O–H groups in total. The summed E-state index contributed by atoms with van der Waals surface area (Å²) in [6.45, 7) is 7.57. The Bertz CT molecular complexity index is 586. The minimum Gasteiger partial charge on any atom is -0.245 e. The number of fused-ring (bicyclic) bond motifs is 1. The van der Waals surface area contributed by atoms with E-state index in [1.807, 2.05) is 0 Å². The molecule has 23 heavy (non-hydrogen) atoms. The average molecular weight is 316 g/mol. The molecular weight excluding hydrogens is 282 g/mol. The number of unbranched alkanes of at least 4 members (excludes halogenated alkanes) is 9. The van der Waals surface area contributed by atoms with Gasteiger partial charge in [-0.3, -0.25) is 0 Å². The molecule has 0 spiro atoms. The molecule has 3 heteroatoms. The lowest BCUT2D eigenvalue weighted by Gasteiger charge is -2.05. The molecule has 0 radical (unpaired) electrons. The Morgan fingerprint density at radius 1 is 0.783 bits per heavy atom. The van der Waals surface area contributed by atoms with E-state index < -0.39 is 0 Å². The Morgan fingerprint density at radius 3 is 2.00 bits per heavy atom. The molecule has 0 aliphatic carbocycles. The van der Waals surface area contributed by atoms with Gasteiger partial charge in [0.05, 0.1) is 5.52 Å². The van der Waals surface area contributed by atoms with Crippen molar-refractivity contribution in [3.63, 3.8) is 0 Å². The lowest BCUT2D eigenvalue weighted by atomic mass is 10.1. The first-order chi connectivity index (χ1) is 11.2. The van der Waals surface area contributed by atoms with Gasteiger partial charge in [0.1, 0.15) is 5.52 Å². The fraction of sp³-hybridized carbons (Fsp3) is 0.700. The van der Waals surface area contributed by atoms with Crippen molar-refractivity contribution in [2.75, 3.05) is 0 Å². The zero-order chi connectivity index (χ0) is 16.5. The third kappa shape index (κ3) is 5.63. The van der Waals surface area contributed by atoms with Gasteiger partial charge in [-0.05, 0) is 43.5 Å². The van der Waals surface area contributed by atoms with Gasteiger partial charge in [0.15, 0.2) is 0 Å². The number of hydrogen-bond acceptors (Lipinski definition) is 2. The topological polar surface area (TPSA) is 30.7 Å². The third-order valence-electron chi connectivity index (χ3n) is 4.85. The molecule has 0 aliphatic heterocycles. The van der Waals surface area contributed by atoms with E-state index in [-0.39, 0.29) is 0 Å². The quantitative estimate of drug-likeness (QED) is 0.478. The van der Waals surface area contributed by atoms with E-state index in [0.717, 1.165) is 12.1 Å². The zero-order valence-electron chi connectivity index (χ0n) is 15.3. The van der Waals surface area contributed by atoms with Gasteiger partial charge in [-0.2, -0.15) is 0 Å². The van der Waals surface area contributed by atoms with Crippen LogP contribution in [0.1, 0.15) is 82.3 Å². The fourth-order valence-corrected chi connectivity index (χ4v) is 3.14.